The second-order valence-corrected chi connectivity index (χ2v) is 4.62. The molecule has 0 bridgehead atoms. The van der Waals surface area contributed by atoms with Crippen LogP contribution < -0.4 is 10.1 Å². The molecule has 4 nitrogen and oxygen atoms in total. The van der Waals surface area contributed by atoms with Gasteiger partial charge < -0.3 is 10.1 Å². The van der Waals surface area contributed by atoms with Gasteiger partial charge in [0, 0.05) is 0 Å². The molecule has 0 aliphatic carbocycles. The van der Waals surface area contributed by atoms with Crippen LogP contribution >= 0.6 is 11.7 Å². The van der Waals surface area contributed by atoms with Crippen molar-refractivity contribution in [3.63, 3.8) is 0 Å². The van der Waals surface area contributed by atoms with Crippen molar-refractivity contribution in [3.8, 4) is 5.75 Å². The predicted molar refractivity (Wildman–Crippen MR) is 73.0 cm³/mol. The first kappa shape index (κ1) is 13.0. The maximum atomic E-state index is 5.15. The quantitative estimate of drug-likeness (QED) is 0.869. The van der Waals surface area contributed by atoms with Gasteiger partial charge in [0.1, 0.15) is 5.75 Å². The summed E-state index contributed by atoms with van der Waals surface area (Å²) < 4.78 is 13.5. The molecule has 96 valence electrons. The highest BCUT2D eigenvalue weighted by atomic mass is 32.1. The lowest BCUT2D eigenvalue weighted by atomic mass is 10.0. The first-order valence-electron chi connectivity index (χ1n) is 5.91. The zero-order chi connectivity index (χ0) is 12.8. The average molecular weight is 263 g/mol. The zero-order valence-electron chi connectivity index (χ0n) is 10.6. The third-order valence-corrected chi connectivity index (χ3v) is 3.46. The van der Waals surface area contributed by atoms with E-state index in [1.54, 1.807) is 7.11 Å². The van der Waals surface area contributed by atoms with E-state index in [2.05, 4.69) is 26.2 Å². The maximum Gasteiger partial charge on any atom is 0.118 e. The first-order valence-corrected chi connectivity index (χ1v) is 6.64. The van der Waals surface area contributed by atoms with Crippen molar-refractivity contribution in [1.29, 1.82) is 0 Å². The fourth-order valence-electron chi connectivity index (χ4n) is 1.87. The van der Waals surface area contributed by atoms with Gasteiger partial charge in [-0.15, -0.1) is 0 Å². The minimum absolute atomic E-state index is 0.269. The number of methoxy groups -OCH3 is 1. The van der Waals surface area contributed by atoms with Gasteiger partial charge in [-0.25, -0.2) is 0 Å². The van der Waals surface area contributed by atoms with Crippen molar-refractivity contribution in [3.05, 3.63) is 41.7 Å². The Bertz CT molecular complexity index is 456. The molecule has 1 N–H and O–H groups in total. The number of nitrogens with one attached hydrogen (secondary N) is 1. The van der Waals surface area contributed by atoms with Crippen LogP contribution in [0.5, 0.6) is 5.75 Å². The van der Waals surface area contributed by atoms with E-state index >= 15 is 0 Å². The summed E-state index contributed by atoms with van der Waals surface area (Å²) in [5.74, 6) is 0.896. The number of benzene rings is 1. The van der Waals surface area contributed by atoms with Gasteiger partial charge in [0.05, 0.1) is 36.8 Å². The van der Waals surface area contributed by atoms with Crippen LogP contribution in [0.4, 0.5) is 0 Å². The Labute approximate surface area is 111 Å². The SMILES string of the molecule is CNC(CCc1ccc(OC)cc1)c1cnsn1. The molecule has 1 aromatic carbocycles. The lowest BCUT2D eigenvalue weighted by molar-refractivity contribution is 0.414. The third kappa shape index (κ3) is 3.27. The van der Waals surface area contributed by atoms with E-state index < -0.39 is 0 Å². The van der Waals surface area contributed by atoms with Gasteiger partial charge in [-0.05, 0) is 37.6 Å². The molecule has 2 aromatic rings. The fourth-order valence-corrected chi connectivity index (χ4v) is 2.34. The van der Waals surface area contributed by atoms with Gasteiger partial charge in [-0.2, -0.15) is 8.75 Å². The molecule has 5 heteroatoms. The van der Waals surface area contributed by atoms with Crippen LogP contribution in [-0.4, -0.2) is 22.9 Å². The molecule has 0 saturated heterocycles. The molecule has 0 saturated carbocycles. The Balaban J connectivity index is 1.93. The molecule has 0 amide bonds. The fraction of sp³-hybridized carbons (Fsp3) is 0.385. The van der Waals surface area contributed by atoms with Crippen LogP contribution in [0, 0.1) is 0 Å². The minimum Gasteiger partial charge on any atom is -0.497 e. The Morgan fingerprint density at radius 2 is 2.11 bits per heavy atom. The molecule has 18 heavy (non-hydrogen) atoms. The van der Waals surface area contributed by atoms with E-state index in [0.717, 1.165) is 24.3 Å². The monoisotopic (exact) mass is 263 g/mol. The maximum absolute atomic E-state index is 5.15. The molecule has 0 spiro atoms. The Morgan fingerprint density at radius 3 is 2.67 bits per heavy atom. The summed E-state index contributed by atoms with van der Waals surface area (Å²) in [5.41, 5.74) is 2.33. The van der Waals surface area contributed by atoms with Crippen LogP contribution in [0.1, 0.15) is 23.7 Å². The smallest absolute Gasteiger partial charge is 0.118 e. The first-order chi connectivity index (χ1) is 8.83. The van der Waals surface area contributed by atoms with E-state index in [1.165, 1.54) is 17.3 Å². The van der Waals surface area contributed by atoms with Gasteiger partial charge in [0.2, 0.25) is 0 Å². The summed E-state index contributed by atoms with van der Waals surface area (Å²) in [5, 5.41) is 3.28. The van der Waals surface area contributed by atoms with Crippen LogP contribution in [-0.2, 0) is 6.42 Å². The van der Waals surface area contributed by atoms with Crippen molar-refractivity contribution in [2.24, 2.45) is 0 Å². The molecular formula is C13H17N3OS. The lowest BCUT2D eigenvalue weighted by Gasteiger charge is -2.13. The summed E-state index contributed by atoms with van der Waals surface area (Å²) in [4.78, 5) is 0. The number of aryl methyl sites for hydroxylation is 1. The van der Waals surface area contributed by atoms with E-state index in [-0.39, 0.29) is 6.04 Å². The van der Waals surface area contributed by atoms with E-state index in [0.29, 0.717) is 0 Å². The van der Waals surface area contributed by atoms with Gasteiger partial charge in [-0.3, -0.25) is 0 Å². The van der Waals surface area contributed by atoms with E-state index in [9.17, 15) is 0 Å². The predicted octanol–water partition coefficient (Wildman–Crippen LogP) is 2.44. The summed E-state index contributed by atoms with van der Waals surface area (Å²) in [6.07, 6.45) is 3.85. The van der Waals surface area contributed by atoms with Crippen molar-refractivity contribution in [1.82, 2.24) is 14.1 Å². The van der Waals surface area contributed by atoms with Crippen LogP contribution in [0.25, 0.3) is 0 Å². The molecule has 1 atom stereocenters. The van der Waals surface area contributed by atoms with Gasteiger partial charge >= 0.3 is 0 Å². The number of ether oxygens (including phenoxy) is 1. The molecule has 0 aliphatic heterocycles. The standard InChI is InChI=1S/C13H17N3OS/c1-14-12(13-9-15-18-16-13)8-5-10-3-6-11(17-2)7-4-10/h3-4,6-7,9,12,14H,5,8H2,1-2H3. The van der Waals surface area contributed by atoms with Gasteiger partial charge in [0.15, 0.2) is 0 Å². The molecule has 2 rings (SSSR count). The summed E-state index contributed by atoms with van der Waals surface area (Å²) in [6, 6.07) is 8.46. The second-order valence-electron chi connectivity index (χ2n) is 4.06. The molecule has 1 unspecified atom stereocenters. The molecule has 0 aliphatic rings. The molecule has 1 aromatic heterocycles. The zero-order valence-corrected chi connectivity index (χ0v) is 11.4. The third-order valence-electron chi connectivity index (χ3n) is 2.96. The summed E-state index contributed by atoms with van der Waals surface area (Å²) >= 11 is 1.25. The minimum atomic E-state index is 0.269. The Kier molecular flexibility index (Phi) is 4.66. The lowest BCUT2D eigenvalue weighted by Crippen LogP contribution is -2.17. The molecule has 0 radical (unpaired) electrons. The number of hydrogen-bond donors (Lipinski definition) is 1. The molecule has 1 heterocycles. The number of hydrogen-bond acceptors (Lipinski definition) is 5. The van der Waals surface area contributed by atoms with Gasteiger partial charge in [0.25, 0.3) is 0 Å². The topological polar surface area (TPSA) is 47.0 Å². The number of rotatable bonds is 6. The van der Waals surface area contributed by atoms with Crippen LogP contribution in [0.15, 0.2) is 30.5 Å². The average Bonchev–Trinajstić information content (AvgIpc) is 2.94. The van der Waals surface area contributed by atoms with Crippen LogP contribution in [0.3, 0.4) is 0 Å². The van der Waals surface area contributed by atoms with Crippen molar-refractivity contribution in [2.45, 2.75) is 18.9 Å². The normalized spacial score (nSPS) is 12.3. The Morgan fingerprint density at radius 1 is 1.33 bits per heavy atom. The van der Waals surface area contributed by atoms with Gasteiger partial charge in [-0.1, -0.05) is 12.1 Å². The number of aromatic nitrogens is 2. The highest BCUT2D eigenvalue weighted by Crippen LogP contribution is 2.19. The number of nitrogens with zero attached hydrogens (tertiary/aromatic N) is 2. The largest absolute Gasteiger partial charge is 0.497 e. The summed E-state index contributed by atoms with van der Waals surface area (Å²) in [6.45, 7) is 0. The van der Waals surface area contributed by atoms with Crippen molar-refractivity contribution in [2.75, 3.05) is 14.2 Å². The summed E-state index contributed by atoms with van der Waals surface area (Å²) in [7, 11) is 3.64. The van der Waals surface area contributed by atoms with E-state index in [1.807, 2.05) is 25.4 Å². The Hall–Kier alpha value is -1.46. The van der Waals surface area contributed by atoms with E-state index in [4.69, 9.17) is 4.74 Å². The van der Waals surface area contributed by atoms with Crippen molar-refractivity contribution < 1.29 is 4.74 Å². The highest BCUT2D eigenvalue weighted by Gasteiger charge is 2.11. The van der Waals surface area contributed by atoms with Crippen LogP contribution in [0.2, 0.25) is 0 Å². The van der Waals surface area contributed by atoms with Crippen molar-refractivity contribution >= 4 is 11.7 Å². The molecular weight excluding hydrogens is 246 g/mol. The molecule has 0 fully saturated rings. The second kappa shape index (κ2) is 6.47. The highest BCUT2D eigenvalue weighted by molar-refractivity contribution is 6.99.